The van der Waals surface area contributed by atoms with Crippen LogP contribution in [-0.2, 0) is 14.3 Å². The number of carbonyl (C=O) groups is 2. The van der Waals surface area contributed by atoms with Gasteiger partial charge in [-0.05, 0) is 87.4 Å². The minimum atomic E-state index is -0.255. The molecule has 0 aromatic rings. The molecule has 1 amide bonds. The van der Waals surface area contributed by atoms with Crippen molar-refractivity contribution in [2.75, 3.05) is 6.61 Å². The van der Waals surface area contributed by atoms with Crippen molar-refractivity contribution in [3.8, 4) is 0 Å². The molecule has 4 bridgehead atoms. The molecule has 2 atom stereocenters. The Kier molecular flexibility index (Phi) is 4.63. The number of nitrogens with one attached hydrogen (secondary N) is 1. The van der Waals surface area contributed by atoms with Gasteiger partial charge in [0.05, 0.1) is 6.42 Å². The second-order valence-corrected chi connectivity index (χ2v) is 9.20. The monoisotopic (exact) mass is 345 g/mol. The molecule has 0 aromatic carbocycles. The summed E-state index contributed by atoms with van der Waals surface area (Å²) in [5, 5.41) is 3.16. The van der Waals surface area contributed by atoms with E-state index in [2.05, 4.69) is 24.4 Å². The van der Waals surface area contributed by atoms with Crippen molar-refractivity contribution in [2.45, 2.75) is 70.8 Å². The van der Waals surface area contributed by atoms with Crippen LogP contribution in [0.4, 0.5) is 0 Å². The van der Waals surface area contributed by atoms with Crippen molar-refractivity contribution in [1.29, 1.82) is 0 Å². The van der Waals surface area contributed by atoms with Gasteiger partial charge in [-0.1, -0.05) is 12.2 Å². The van der Waals surface area contributed by atoms with Gasteiger partial charge in [0.2, 0.25) is 0 Å². The average Bonchev–Trinajstić information content (AvgIpc) is 3.04. The molecule has 5 rings (SSSR count). The Morgan fingerprint density at radius 3 is 2.36 bits per heavy atom. The maximum absolute atomic E-state index is 12.3. The largest absolute Gasteiger partial charge is 0.456 e. The van der Waals surface area contributed by atoms with Gasteiger partial charge in [0.15, 0.2) is 6.61 Å². The van der Waals surface area contributed by atoms with Crippen LogP contribution in [-0.4, -0.2) is 24.5 Å². The third kappa shape index (κ3) is 3.63. The van der Waals surface area contributed by atoms with E-state index in [1.54, 1.807) is 0 Å². The van der Waals surface area contributed by atoms with Gasteiger partial charge in [0.25, 0.3) is 5.91 Å². The molecule has 4 saturated carbocycles. The van der Waals surface area contributed by atoms with Gasteiger partial charge in [-0.25, -0.2) is 0 Å². The van der Waals surface area contributed by atoms with E-state index in [9.17, 15) is 9.59 Å². The fourth-order valence-corrected chi connectivity index (χ4v) is 6.43. The molecule has 5 aliphatic carbocycles. The van der Waals surface area contributed by atoms with Crippen LogP contribution in [0.1, 0.15) is 64.7 Å². The third-order valence-corrected chi connectivity index (χ3v) is 7.29. The number of ether oxygens (including phenoxy) is 1. The van der Waals surface area contributed by atoms with Crippen LogP contribution in [0.2, 0.25) is 0 Å². The highest BCUT2D eigenvalue weighted by Crippen LogP contribution is 2.61. The topological polar surface area (TPSA) is 55.4 Å². The van der Waals surface area contributed by atoms with Crippen LogP contribution in [0.25, 0.3) is 0 Å². The number of hydrogen-bond acceptors (Lipinski definition) is 3. The van der Waals surface area contributed by atoms with Crippen LogP contribution in [0.5, 0.6) is 0 Å². The Morgan fingerprint density at radius 2 is 1.80 bits per heavy atom. The van der Waals surface area contributed by atoms with Gasteiger partial charge in [-0.2, -0.15) is 0 Å². The Hall–Kier alpha value is -1.32. The Balaban J connectivity index is 1.25. The number of allylic oxidation sites excluding steroid dienone is 2. The van der Waals surface area contributed by atoms with E-state index in [1.807, 2.05) is 0 Å². The van der Waals surface area contributed by atoms with E-state index < -0.39 is 0 Å². The van der Waals surface area contributed by atoms with Crippen molar-refractivity contribution in [2.24, 2.45) is 29.1 Å². The first-order valence-corrected chi connectivity index (χ1v) is 10.1. The number of carbonyl (C=O) groups excluding carboxylic acids is 2. The van der Waals surface area contributed by atoms with E-state index in [0.717, 1.165) is 30.6 Å². The first-order valence-electron chi connectivity index (χ1n) is 10.1. The molecular weight excluding hydrogens is 314 g/mol. The molecule has 0 aromatic heterocycles. The highest BCUT2D eigenvalue weighted by atomic mass is 16.5. The summed E-state index contributed by atoms with van der Waals surface area (Å²) in [4.78, 5) is 24.2. The molecular formula is C21H31NO3. The Morgan fingerprint density at radius 1 is 1.16 bits per heavy atom. The molecule has 0 saturated heterocycles. The fraction of sp³-hybridized carbons (Fsp3) is 0.810. The first kappa shape index (κ1) is 17.1. The molecule has 0 spiro atoms. The van der Waals surface area contributed by atoms with E-state index in [1.165, 1.54) is 38.5 Å². The lowest BCUT2D eigenvalue weighted by molar-refractivity contribution is -0.150. The zero-order valence-electron chi connectivity index (χ0n) is 15.3. The van der Waals surface area contributed by atoms with Crippen LogP contribution in [0.3, 0.4) is 0 Å². The Bertz CT molecular complexity index is 532. The molecule has 0 radical (unpaired) electrons. The molecule has 0 heterocycles. The van der Waals surface area contributed by atoms with Gasteiger partial charge in [-0.3, -0.25) is 9.59 Å². The fourth-order valence-electron chi connectivity index (χ4n) is 6.43. The third-order valence-electron chi connectivity index (χ3n) is 7.29. The average molecular weight is 345 g/mol. The highest BCUT2D eigenvalue weighted by Gasteiger charge is 2.53. The van der Waals surface area contributed by atoms with E-state index >= 15 is 0 Å². The van der Waals surface area contributed by atoms with E-state index in [0.29, 0.717) is 17.8 Å². The minimum absolute atomic E-state index is 0.133. The molecule has 138 valence electrons. The van der Waals surface area contributed by atoms with Gasteiger partial charge in [0.1, 0.15) is 0 Å². The normalized spacial score (nSPS) is 39.4. The molecule has 1 N–H and O–H groups in total. The maximum Gasteiger partial charge on any atom is 0.306 e. The minimum Gasteiger partial charge on any atom is -0.456 e. The first-order chi connectivity index (χ1) is 12.0. The summed E-state index contributed by atoms with van der Waals surface area (Å²) in [7, 11) is 0. The second-order valence-electron chi connectivity index (χ2n) is 9.20. The number of amides is 1. The van der Waals surface area contributed by atoms with Crippen molar-refractivity contribution < 1.29 is 14.3 Å². The van der Waals surface area contributed by atoms with Crippen LogP contribution >= 0.6 is 0 Å². The number of esters is 1. The predicted molar refractivity (Wildman–Crippen MR) is 95.6 cm³/mol. The summed E-state index contributed by atoms with van der Waals surface area (Å²) in [6, 6.07) is 0.185. The number of hydrogen-bond donors (Lipinski definition) is 1. The molecule has 5 aliphatic rings. The SMILES string of the molecule is C[C@H](NC(=O)COC(=O)C[C@H]1C=CCC1)C12CC3CC(CC(C3)C1)C2. The smallest absolute Gasteiger partial charge is 0.306 e. The van der Waals surface area contributed by atoms with Crippen LogP contribution in [0.15, 0.2) is 12.2 Å². The summed E-state index contributed by atoms with van der Waals surface area (Å²) in [5.74, 6) is 2.53. The molecule has 0 unspecified atom stereocenters. The second kappa shape index (κ2) is 6.77. The van der Waals surface area contributed by atoms with Gasteiger partial charge in [-0.15, -0.1) is 0 Å². The van der Waals surface area contributed by atoms with E-state index in [-0.39, 0.29) is 24.5 Å². The van der Waals surface area contributed by atoms with Crippen molar-refractivity contribution in [1.82, 2.24) is 5.32 Å². The summed E-state index contributed by atoms with van der Waals surface area (Å²) in [6.45, 7) is 2.03. The molecule has 4 fully saturated rings. The summed E-state index contributed by atoms with van der Waals surface area (Å²) in [6.07, 6.45) is 14.7. The highest BCUT2D eigenvalue weighted by molar-refractivity contribution is 5.80. The van der Waals surface area contributed by atoms with Crippen LogP contribution in [0, 0.1) is 29.1 Å². The summed E-state index contributed by atoms with van der Waals surface area (Å²) in [5.41, 5.74) is 0.295. The zero-order valence-corrected chi connectivity index (χ0v) is 15.3. The van der Waals surface area contributed by atoms with Gasteiger partial charge < -0.3 is 10.1 Å². The van der Waals surface area contributed by atoms with Gasteiger partial charge in [0, 0.05) is 6.04 Å². The lowest BCUT2D eigenvalue weighted by atomic mass is 9.48. The molecule has 4 nitrogen and oxygen atoms in total. The summed E-state index contributed by atoms with van der Waals surface area (Å²) < 4.78 is 5.20. The van der Waals surface area contributed by atoms with Crippen LogP contribution < -0.4 is 5.32 Å². The molecule has 25 heavy (non-hydrogen) atoms. The molecule has 4 heteroatoms. The predicted octanol–water partition coefficient (Wildman–Crippen LogP) is 3.61. The zero-order chi connectivity index (χ0) is 17.4. The standard InChI is InChI=1S/C21H31NO3/c1-14(21-10-16-6-17(11-21)8-18(7-16)12-21)22-19(23)13-25-20(24)9-15-4-2-3-5-15/h2,4,14-18H,3,5-13H2,1H3,(H,22,23)/t14-,15-,16?,17?,18?,21?/m0/s1. The quantitative estimate of drug-likeness (QED) is 0.591. The van der Waals surface area contributed by atoms with Crippen molar-refractivity contribution >= 4 is 11.9 Å². The Labute approximate surface area is 150 Å². The lowest BCUT2D eigenvalue weighted by Gasteiger charge is -2.59. The maximum atomic E-state index is 12.3. The summed E-state index contributed by atoms with van der Waals surface area (Å²) >= 11 is 0. The van der Waals surface area contributed by atoms with E-state index in [4.69, 9.17) is 4.74 Å². The van der Waals surface area contributed by atoms with Crippen molar-refractivity contribution in [3.63, 3.8) is 0 Å². The van der Waals surface area contributed by atoms with Crippen molar-refractivity contribution in [3.05, 3.63) is 12.2 Å². The lowest BCUT2D eigenvalue weighted by Crippen LogP contribution is -2.56. The molecule has 0 aliphatic heterocycles. The number of rotatable bonds is 6. The van der Waals surface area contributed by atoms with Gasteiger partial charge >= 0.3 is 5.97 Å².